The first kappa shape index (κ1) is 14.9. The van der Waals surface area contributed by atoms with Gasteiger partial charge >= 0.3 is 0 Å². The molecule has 1 amide bonds. The summed E-state index contributed by atoms with van der Waals surface area (Å²) in [6, 6.07) is 0. The number of likely N-dealkylation sites (tertiary alicyclic amines) is 1. The number of carbonyl (C=O) groups is 1. The van der Waals surface area contributed by atoms with E-state index >= 15 is 0 Å². The predicted molar refractivity (Wildman–Crippen MR) is 76.4 cm³/mol. The van der Waals surface area contributed by atoms with Crippen LogP contribution >= 0.6 is 12.6 Å². The Balaban J connectivity index is 2.54. The van der Waals surface area contributed by atoms with Crippen molar-refractivity contribution in [3.8, 4) is 0 Å². The van der Waals surface area contributed by atoms with Crippen molar-refractivity contribution >= 4 is 18.5 Å². The number of hydrogen-bond donors (Lipinski definition) is 1. The quantitative estimate of drug-likeness (QED) is 0.770. The molecule has 0 aromatic rings. The molecule has 0 N–H and O–H groups in total. The van der Waals surface area contributed by atoms with Crippen LogP contribution < -0.4 is 0 Å². The molecule has 0 bridgehead atoms. The Morgan fingerprint density at radius 3 is 2.35 bits per heavy atom. The Kier molecular flexibility index (Phi) is 5.84. The maximum atomic E-state index is 12.2. The second-order valence-electron chi connectivity index (χ2n) is 5.95. The molecule has 1 heterocycles. The van der Waals surface area contributed by atoms with Crippen LogP contribution in [0, 0.1) is 17.8 Å². The Morgan fingerprint density at radius 2 is 1.82 bits per heavy atom. The minimum atomic E-state index is -0.134. The van der Waals surface area contributed by atoms with Gasteiger partial charge in [-0.15, -0.1) is 0 Å². The van der Waals surface area contributed by atoms with Gasteiger partial charge in [-0.1, -0.05) is 27.7 Å². The van der Waals surface area contributed by atoms with Crippen LogP contribution in [-0.2, 0) is 4.79 Å². The zero-order valence-corrected chi connectivity index (χ0v) is 12.5. The molecule has 3 heteroatoms. The van der Waals surface area contributed by atoms with Crippen molar-refractivity contribution in [2.24, 2.45) is 17.8 Å². The third kappa shape index (κ3) is 4.20. The lowest BCUT2D eigenvalue weighted by atomic mass is 9.89. The van der Waals surface area contributed by atoms with Crippen LogP contribution in [0.2, 0.25) is 0 Å². The molecule has 1 aliphatic rings. The molecule has 1 fully saturated rings. The monoisotopic (exact) mass is 257 g/mol. The highest BCUT2D eigenvalue weighted by atomic mass is 32.1. The fraction of sp³-hybridized carbons (Fsp3) is 0.929. The fourth-order valence-corrected chi connectivity index (χ4v) is 2.64. The summed E-state index contributed by atoms with van der Waals surface area (Å²) in [5.41, 5.74) is 0. The molecule has 17 heavy (non-hydrogen) atoms. The van der Waals surface area contributed by atoms with Gasteiger partial charge in [-0.25, -0.2) is 0 Å². The fourth-order valence-electron chi connectivity index (χ4n) is 2.48. The van der Waals surface area contributed by atoms with Crippen molar-refractivity contribution in [3.05, 3.63) is 0 Å². The number of thiol groups is 1. The second-order valence-corrected chi connectivity index (χ2v) is 6.51. The average molecular weight is 257 g/mol. The zero-order chi connectivity index (χ0) is 13.0. The first-order valence-corrected chi connectivity index (χ1v) is 7.42. The van der Waals surface area contributed by atoms with E-state index in [9.17, 15) is 4.79 Å². The van der Waals surface area contributed by atoms with Crippen molar-refractivity contribution in [2.75, 3.05) is 13.1 Å². The molecule has 0 saturated carbocycles. The third-order valence-corrected chi connectivity index (χ3v) is 4.73. The van der Waals surface area contributed by atoms with Crippen LogP contribution in [0.1, 0.15) is 47.0 Å². The number of rotatable bonds is 3. The van der Waals surface area contributed by atoms with E-state index in [0.29, 0.717) is 5.92 Å². The molecule has 0 aromatic carbocycles. The van der Waals surface area contributed by atoms with Crippen LogP contribution in [0.5, 0.6) is 0 Å². The van der Waals surface area contributed by atoms with Gasteiger partial charge in [0, 0.05) is 13.1 Å². The van der Waals surface area contributed by atoms with E-state index < -0.39 is 0 Å². The van der Waals surface area contributed by atoms with E-state index in [0.717, 1.165) is 37.8 Å². The molecule has 0 aromatic heterocycles. The van der Waals surface area contributed by atoms with Crippen LogP contribution in [0.4, 0.5) is 0 Å². The van der Waals surface area contributed by atoms with E-state index in [2.05, 4.69) is 40.3 Å². The molecule has 2 nitrogen and oxygen atoms in total. The van der Waals surface area contributed by atoms with Gasteiger partial charge in [0.15, 0.2) is 0 Å². The molecule has 1 aliphatic heterocycles. The predicted octanol–water partition coefficient (Wildman–Crippen LogP) is 3.23. The summed E-state index contributed by atoms with van der Waals surface area (Å²) in [6.45, 7) is 10.5. The van der Waals surface area contributed by atoms with Crippen LogP contribution in [0.25, 0.3) is 0 Å². The molecule has 100 valence electrons. The van der Waals surface area contributed by atoms with Gasteiger partial charge in [-0.05, 0) is 37.0 Å². The summed E-state index contributed by atoms with van der Waals surface area (Å²) in [5.74, 6) is 2.06. The van der Waals surface area contributed by atoms with Crippen molar-refractivity contribution in [3.63, 3.8) is 0 Å². The number of amides is 1. The smallest absolute Gasteiger partial charge is 0.235 e. The lowest BCUT2D eigenvalue weighted by molar-refractivity contribution is -0.131. The average Bonchev–Trinajstić information content (AvgIpc) is 2.52. The first-order chi connectivity index (χ1) is 7.93. The molecular formula is C14H27NOS. The van der Waals surface area contributed by atoms with Crippen molar-refractivity contribution in [1.29, 1.82) is 0 Å². The largest absolute Gasteiger partial charge is 0.342 e. The second kappa shape index (κ2) is 6.67. The summed E-state index contributed by atoms with van der Waals surface area (Å²) in [4.78, 5) is 14.2. The Morgan fingerprint density at radius 1 is 1.18 bits per heavy atom. The van der Waals surface area contributed by atoms with Crippen molar-refractivity contribution in [2.45, 2.75) is 52.2 Å². The Labute approximate surface area is 112 Å². The maximum absolute atomic E-state index is 12.2. The van der Waals surface area contributed by atoms with Crippen molar-refractivity contribution in [1.82, 2.24) is 4.90 Å². The van der Waals surface area contributed by atoms with Gasteiger partial charge in [0.1, 0.15) is 0 Å². The Bertz CT molecular complexity index is 253. The van der Waals surface area contributed by atoms with E-state index in [1.54, 1.807) is 0 Å². The van der Waals surface area contributed by atoms with Gasteiger partial charge in [0.25, 0.3) is 0 Å². The van der Waals surface area contributed by atoms with Gasteiger partial charge < -0.3 is 4.90 Å². The van der Waals surface area contributed by atoms with E-state index in [-0.39, 0.29) is 11.2 Å². The maximum Gasteiger partial charge on any atom is 0.235 e. The summed E-state index contributed by atoms with van der Waals surface area (Å²) < 4.78 is 0. The molecule has 2 atom stereocenters. The zero-order valence-electron chi connectivity index (χ0n) is 11.6. The molecule has 0 spiro atoms. The number of nitrogens with zero attached hydrogens (tertiary/aromatic N) is 1. The highest BCUT2D eigenvalue weighted by molar-refractivity contribution is 7.81. The third-order valence-electron chi connectivity index (χ3n) is 3.91. The summed E-state index contributed by atoms with van der Waals surface area (Å²) in [6.07, 6.45) is 3.57. The number of carbonyl (C=O) groups excluding carboxylic acids is 1. The Hall–Kier alpha value is -0.180. The molecular weight excluding hydrogens is 230 g/mol. The minimum absolute atomic E-state index is 0.134. The van der Waals surface area contributed by atoms with E-state index in [1.807, 2.05) is 4.90 Å². The normalized spacial score (nSPS) is 23.9. The van der Waals surface area contributed by atoms with Gasteiger partial charge in [0.2, 0.25) is 5.91 Å². The van der Waals surface area contributed by atoms with Gasteiger partial charge in [-0.3, -0.25) is 4.79 Å². The van der Waals surface area contributed by atoms with Gasteiger partial charge in [0.05, 0.1) is 5.25 Å². The standard InChI is InChI=1S/C14H27NOS/c1-10(2)12-6-5-8-15(9-7-12)14(16)13(17)11(3)4/h10-13,17H,5-9H2,1-4H3. The molecule has 1 rings (SSSR count). The highest BCUT2D eigenvalue weighted by Gasteiger charge is 2.27. The van der Waals surface area contributed by atoms with Crippen molar-refractivity contribution < 1.29 is 4.79 Å². The molecule has 1 saturated heterocycles. The molecule has 0 radical (unpaired) electrons. The highest BCUT2D eigenvalue weighted by Crippen LogP contribution is 2.25. The van der Waals surface area contributed by atoms with Crippen LogP contribution in [-0.4, -0.2) is 29.1 Å². The lowest BCUT2D eigenvalue weighted by Gasteiger charge is -2.26. The first-order valence-electron chi connectivity index (χ1n) is 6.90. The SMILES string of the molecule is CC(C)C1CCCN(C(=O)C(S)C(C)C)CC1. The lowest BCUT2D eigenvalue weighted by Crippen LogP contribution is -2.39. The molecule has 2 unspecified atom stereocenters. The molecule has 0 aliphatic carbocycles. The van der Waals surface area contributed by atoms with Crippen LogP contribution in [0.3, 0.4) is 0 Å². The number of hydrogen-bond acceptors (Lipinski definition) is 2. The topological polar surface area (TPSA) is 20.3 Å². The van der Waals surface area contributed by atoms with Crippen LogP contribution in [0.15, 0.2) is 0 Å². The minimum Gasteiger partial charge on any atom is -0.342 e. The van der Waals surface area contributed by atoms with E-state index in [4.69, 9.17) is 0 Å². The van der Waals surface area contributed by atoms with E-state index in [1.165, 1.54) is 6.42 Å². The summed E-state index contributed by atoms with van der Waals surface area (Å²) >= 11 is 4.44. The summed E-state index contributed by atoms with van der Waals surface area (Å²) in [7, 11) is 0. The summed E-state index contributed by atoms with van der Waals surface area (Å²) in [5, 5.41) is -0.134. The van der Waals surface area contributed by atoms with Gasteiger partial charge in [-0.2, -0.15) is 12.6 Å².